The maximum Gasteiger partial charge on any atom is 0 e. The fourth-order valence-corrected chi connectivity index (χ4v) is 0.577. The predicted octanol–water partition coefficient (Wildman–Crippen LogP) is 2.93. The van der Waals surface area contributed by atoms with E-state index < -0.39 is 0 Å². The highest BCUT2D eigenvalue weighted by Gasteiger charge is 1.85. The molecule has 0 atom stereocenters. The molecule has 0 fully saturated rings. The van der Waals surface area contributed by atoms with Crippen molar-refractivity contribution in [3.63, 3.8) is 0 Å². The predicted molar refractivity (Wildman–Crippen MR) is 34.0 cm³/mol. The third-order valence-corrected chi connectivity index (χ3v) is 0.866. The van der Waals surface area contributed by atoms with Crippen LogP contribution in [0.15, 0.2) is 0 Å². The summed E-state index contributed by atoms with van der Waals surface area (Å²) in [7, 11) is 0. The first-order chi connectivity index (χ1) is 2.77. The highest BCUT2D eigenvalue weighted by atomic mass is 13.9. The fourth-order valence-electron chi connectivity index (χ4n) is 0.577. The van der Waals surface area contributed by atoms with E-state index in [4.69, 9.17) is 0 Å². The Bertz CT molecular complexity index is 27.7. The first-order valence-electron chi connectivity index (χ1n) is 2.77. The van der Waals surface area contributed by atoms with Crippen LogP contribution < -0.4 is 0 Å². The van der Waals surface area contributed by atoms with Gasteiger partial charge >= 0.3 is 0 Å². The molecular formula is C6H18. The summed E-state index contributed by atoms with van der Waals surface area (Å²) >= 11 is 0. The lowest BCUT2D eigenvalue weighted by Gasteiger charge is -1.95. The smallest absolute Gasteiger partial charge is 0 e. The topological polar surface area (TPSA) is 0 Å². The van der Waals surface area contributed by atoms with E-state index in [1.807, 2.05) is 0 Å². The molecule has 0 unspecified atom stereocenters. The largest absolute Gasteiger partial charge is 0.0654 e. The lowest BCUT2D eigenvalue weighted by molar-refractivity contribution is 0.576. The zero-order chi connectivity index (χ0) is 4.99. The van der Waals surface area contributed by atoms with Gasteiger partial charge in [0.25, 0.3) is 0 Å². The quantitative estimate of drug-likeness (QED) is 0.489. The van der Waals surface area contributed by atoms with E-state index in [0.717, 1.165) is 5.92 Å². The van der Waals surface area contributed by atoms with Crippen molar-refractivity contribution in [1.82, 2.24) is 0 Å². The molecule has 0 spiro atoms. The minimum Gasteiger partial charge on any atom is -0.0654 e. The Morgan fingerprint density at radius 2 is 2.00 bits per heavy atom. The Labute approximate surface area is 43.5 Å². The molecule has 0 amide bonds. The first-order valence-corrected chi connectivity index (χ1v) is 2.77. The van der Waals surface area contributed by atoms with E-state index in [1.165, 1.54) is 12.8 Å². The van der Waals surface area contributed by atoms with E-state index >= 15 is 0 Å². The zero-order valence-electron chi connectivity index (χ0n) is 4.99. The van der Waals surface area contributed by atoms with Crippen LogP contribution in [0.1, 0.15) is 36.5 Å². The molecule has 0 aromatic rings. The Kier molecular flexibility index (Phi) is 3.20. The molecule has 0 N–H and O–H groups in total. The Morgan fingerprint density at radius 1 is 1.50 bits per heavy atom. The first kappa shape index (κ1) is 6.00. The summed E-state index contributed by atoms with van der Waals surface area (Å²) in [6.45, 7) is 6.73. The average molecular weight is 90.2 g/mol. The van der Waals surface area contributed by atoms with Crippen molar-refractivity contribution >= 4 is 0 Å². The van der Waals surface area contributed by atoms with Crippen LogP contribution in [0.3, 0.4) is 0 Å². The molecule has 0 heteroatoms. The summed E-state index contributed by atoms with van der Waals surface area (Å²) in [5.41, 5.74) is 0. The fraction of sp³-hybridized carbons (Fsp3) is 1.00. The average Bonchev–Trinajstić information content (AvgIpc) is 1.35. The van der Waals surface area contributed by atoms with Crippen molar-refractivity contribution in [1.29, 1.82) is 0 Å². The van der Waals surface area contributed by atoms with Crippen LogP contribution in [0.25, 0.3) is 0 Å². The molecule has 0 aromatic heterocycles. The molecule has 0 radical (unpaired) electrons. The van der Waals surface area contributed by atoms with E-state index in [1.54, 1.807) is 0 Å². The van der Waals surface area contributed by atoms with E-state index in [9.17, 15) is 0 Å². The van der Waals surface area contributed by atoms with Gasteiger partial charge in [0.2, 0.25) is 0 Å². The third kappa shape index (κ3) is 4.00. The van der Waals surface area contributed by atoms with E-state index in [2.05, 4.69) is 20.8 Å². The second kappa shape index (κ2) is 3.20. The lowest BCUT2D eigenvalue weighted by Crippen LogP contribution is -1.81. The van der Waals surface area contributed by atoms with E-state index in [-0.39, 0.29) is 2.85 Å². The van der Waals surface area contributed by atoms with Gasteiger partial charge in [-0.1, -0.05) is 33.6 Å². The van der Waals surface area contributed by atoms with Crippen LogP contribution in [0.5, 0.6) is 0 Å². The van der Waals surface area contributed by atoms with Crippen molar-refractivity contribution in [3.05, 3.63) is 0 Å². The van der Waals surface area contributed by atoms with Crippen molar-refractivity contribution in [3.8, 4) is 0 Å². The molecule has 0 saturated carbocycles. The van der Waals surface area contributed by atoms with Crippen LogP contribution >= 0.6 is 0 Å². The zero-order valence-corrected chi connectivity index (χ0v) is 4.99. The summed E-state index contributed by atoms with van der Waals surface area (Å²) in [4.78, 5) is 0. The summed E-state index contributed by atoms with van der Waals surface area (Å²) in [6.07, 6.45) is 2.71. The highest BCUT2D eigenvalue weighted by molar-refractivity contribution is 4.38. The summed E-state index contributed by atoms with van der Waals surface area (Å²) in [5.74, 6) is 0.898. The molecule has 0 aliphatic carbocycles. The molecule has 0 aliphatic rings. The van der Waals surface area contributed by atoms with Gasteiger partial charge in [0, 0.05) is 2.85 Å². The van der Waals surface area contributed by atoms with Gasteiger partial charge in [-0.2, -0.15) is 0 Å². The standard InChI is InChI=1S/C6H14.2H2/c1-4-5-6(2)3;;/h6H,4-5H2,1-3H3;2*1H. The van der Waals surface area contributed by atoms with Crippen LogP contribution in [-0.2, 0) is 0 Å². The minimum absolute atomic E-state index is 0. The highest BCUT2D eigenvalue weighted by Crippen LogP contribution is 2.00. The van der Waals surface area contributed by atoms with Crippen LogP contribution in [0, 0.1) is 5.92 Å². The molecule has 42 valence electrons. The van der Waals surface area contributed by atoms with Gasteiger partial charge < -0.3 is 0 Å². The van der Waals surface area contributed by atoms with Crippen LogP contribution in [0.4, 0.5) is 0 Å². The molecule has 6 heavy (non-hydrogen) atoms. The molecule has 0 aromatic carbocycles. The maximum atomic E-state index is 2.25. The summed E-state index contributed by atoms with van der Waals surface area (Å²) in [5, 5.41) is 0. The second-order valence-electron chi connectivity index (χ2n) is 2.18. The monoisotopic (exact) mass is 90.1 g/mol. The van der Waals surface area contributed by atoms with Gasteiger partial charge in [-0.25, -0.2) is 0 Å². The minimum atomic E-state index is 0. The summed E-state index contributed by atoms with van der Waals surface area (Å²) in [6, 6.07) is 0. The van der Waals surface area contributed by atoms with Gasteiger partial charge in [0.05, 0.1) is 0 Å². The van der Waals surface area contributed by atoms with Crippen molar-refractivity contribution in [2.24, 2.45) is 5.92 Å². The Morgan fingerprint density at radius 3 is 2.00 bits per heavy atom. The van der Waals surface area contributed by atoms with Crippen molar-refractivity contribution in [2.75, 3.05) is 0 Å². The van der Waals surface area contributed by atoms with Crippen LogP contribution in [0.2, 0.25) is 0 Å². The Hall–Kier alpha value is 0. The number of hydrogen-bond donors (Lipinski definition) is 0. The lowest BCUT2D eigenvalue weighted by atomic mass is 10.1. The van der Waals surface area contributed by atoms with Gasteiger partial charge in [0.1, 0.15) is 0 Å². The van der Waals surface area contributed by atoms with Gasteiger partial charge in [-0.3, -0.25) is 0 Å². The molecule has 0 nitrogen and oxygen atoms in total. The molecule has 0 aliphatic heterocycles. The normalized spacial score (nSPS) is 10.0. The molecule has 0 saturated heterocycles. The van der Waals surface area contributed by atoms with E-state index in [0.29, 0.717) is 0 Å². The molecule has 0 bridgehead atoms. The maximum absolute atomic E-state index is 2.25. The number of hydrogen-bond acceptors (Lipinski definition) is 0. The van der Waals surface area contributed by atoms with Gasteiger partial charge in [-0.05, 0) is 5.92 Å². The summed E-state index contributed by atoms with van der Waals surface area (Å²) < 4.78 is 0. The molecular weight excluding hydrogens is 72.1 g/mol. The number of rotatable bonds is 2. The van der Waals surface area contributed by atoms with Crippen LogP contribution in [-0.4, -0.2) is 0 Å². The van der Waals surface area contributed by atoms with Crippen molar-refractivity contribution in [2.45, 2.75) is 33.6 Å². The molecule has 0 rings (SSSR count). The van der Waals surface area contributed by atoms with Crippen molar-refractivity contribution < 1.29 is 2.85 Å². The Balaban J connectivity index is -0.000000125. The SMILES string of the molecule is CCCC(C)C.[HH].[HH]. The van der Waals surface area contributed by atoms with Gasteiger partial charge in [-0.15, -0.1) is 0 Å². The molecule has 0 heterocycles. The third-order valence-electron chi connectivity index (χ3n) is 0.866. The van der Waals surface area contributed by atoms with Gasteiger partial charge in [0.15, 0.2) is 0 Å². The second-order valence-corrected chi connectivity index (χ2v) is 2.18.